The van der Waals surface area contributed by atoms with Gasteiger partial charge in [-0.25, -0.2) is 0 Å². The van der Waals surface area contributed by atoms with Gasteiger partial charge in [0.25, 0.3) is 0 Å². The average Bonchev–Trinajstić information content (AvgIpc) is 2.61. The van der Waals surface area contributed by atoms with Crippen LogP contribution in [0, 0.1) is 6.42 Å². The molecular formula is C19H28NO3. The molecule has 1 radical (unpaired) electrons. The Morgan fingerprint density at radius 2 is 1.78 bits per heavy atom. The summed E-state index contributed by atoms with van der Waals surface area (Å²) >= 11 is 0. The summed E-state index contributed by atoms with van der Waals surface area (Å²) in [6, 6.07) is 5.37. The molecule has 1 aliphatic heterocycles. The SMILES string of the molecule is COc1ccc(C(=O)CCCCCN2CC[CH]CC2)cc1OC. The number of nitrogens with zero attached hydrogens (tertiary/aromatic N) is 1. The van der Waals surface area contributed by atoms with Gasteiger partial charge in [0, 0.05) is 12.0 Å². The third-order valence-electron chi connectivity index (χ3n) is 4.38. The van der Waals surface area contributed by atoms with Gasteiger partial charge in [0.2, 0.25) is 0 Å². The van der Waals surface area contributed by atoms with E-state index < -0.39 is 0 Å². The van der Waals surface area contributed by atoms with Crippen LogP contribution in [-0.4, -0.2) is 44.5 Å². The first-order valence-corrected chi connectivity index (χ1v) is 8.54. The molecule has 1 aromatic carbocycles. The van der Waals surface area contributed by atoms with E-state index in [-0.39, 0.29) is 5.78 Å². The van der Waals surface area contributed by atoms with Crippen molar-refractivity contribution >= 4 is 5.78 Å². The highest BCUT2D eigenvalue weighted by molar-refractivity contribution is 5.96. The first kappa shape index (κ1) is 17.8. The van der Waals surface area contributed by atoms with Crippen LogP contribution >= 0.6 is 0 Å². The average molecular weight is 318 g/mol. The van der Waals surface area contributed by atoms with E-state index in [0.29, 0.717) is 23.5 Å². The summed E-state index contributed by atoms with van der Waals surface area (Å²) in [5.41, 5.74) is 0.703. The number of piperidine rings is 1. The van der Waals surface area contributed by atoms with E-state index in [4.69, 9.17) is 9.47 Å². The predicted molar refractivity (Wildman–Crippen MR) is 92.3 cm³/mol. The fourth-order valence-electron chi connectivity index (χ4n) is 2.98. The number of ketones is 1. The number of Topliss-reactive ketones (excluding diaryl/α,β-unsaturated/α-hetero) is 1. The van der Waals surface area contributed by atoms with Gasteiger partial charge in [0.15, 0.2) is 17.3 Å². The van der Waals surface area contributed by atoms with E-state index in [9.17, 15) is 4.79 Å². The van der Waals surface area contributed by atoms with Gasteiger partial charge in [-0.15, -0.1) is 0 Å². The molecular weight excluding hydrogens is 290 g/mol. The maximum atomic E-state index is 12.3. The molecule has 0 spiro atoms. The van der Waals surface area contributed by atoms with Gasteiger partial charge in [-0.1, -0.05) is 6.42 Å². The number of carbonyl (C=O) groups is 1. The highest BCUT2D eigenvalue weighted by Crippen LogP contribution is 2.28. The van der Waals surface area contributed by atoms with Crippen molar-refractivity contribution in [1.82, 2.24) is 4.90 Å². The molecule has 1 aromatic rings. The van der Waals surface area contributed by atoms with E-state index in [1.54, 1.807) is 26.4 Å². The summed E-state index contributed by atoms with van der Waals surface area (Å²) in [5, 5.41) is 0. The largest absolute Gasteiger partial charge is 0.493 e. The van der Waals surface area contributed by atoms with Crippen molar-refractivity contribution in [1.29, 1.82) is 0 Å². The molecule has 2 rings (SSSR count). The van der Waals surface area contributed by atoms with Crippen molar-refractivity contribution in [2.75, 3.05) is 33.9 Å². The summed E-state index contributed by atoms with van der Waals surface area (Å²) in [6.07, 6.45) is 8.66. The highest BCUT2D eigenvalue weighted by Gasteiger charge is 2.12. The van der Waals surface area contributed by atoms with Gasteiger partial charge in [0.05, 0.1) is 14.2 Å². The van der Waals surface area contributed by atoms with Crippen LogP contribution in [0.25, 0.3) is 0 Å². The third-order valence-corrected chi connectivity index (χ3v) is 4.38. The molecule has 0 amide bonds. The number of benzene rings is 1. The molecule has 1 heterocycles. The molecule has 4 heteroatoms. The maximum absolute atomic E-state index is 12.3. The standard InChI is InChI=1S/C19H28NO3/c1-22-18-11-10-16(15-19(18)23-2)17(21)9-5-3-6-12-20-13-7-4-8-14-20/h4,10-11,15H,3,5-9,12-14H2,1-2H3. The first-order chi connectivity index (χ1) is 11.2. The first-order valence-electron chi connectivity index (χ1n) is 8.54. The summed E-state index contributed by atoms with van der Waals surface area (Å²) in [6.45, 7) is 3.56. The quantitative estimate of drug-likeness (QED) is 0.513. The van der Waals surface area contributed by atoms with Crippen LogP contribution in [0.2, 0.25) is 0 Å². The normalized spacial score (nSPS) is 15.4. The Labute approximate surface area is 139 Å². The van der Waals surface area contributed by atoms with Crippen LogP contribution in [0.3, 0.4) is 0 Å². The van der Waals surface area contributed by atoms with Crippen LogP contribution in [-0.2, 0) is 0 Å². The number of likely N-dealkylation sites (tertiary alicyclic amines) is 1. The van der Waals surface area contributed by atoms with Crippen molar-refractivity contribution in [3.05, 3.63) is 30.2 Å². The molecule has 1 saturated heterocycles. The summed E-state index contributed by atoms with van der Waals surface area (Å²) in [5.74, 6) is 1.45. The Hall–Kier alpha value is -1.55. The van der Waals surface area contributed by atoms with Gasteiger partial charge < -0.3 is 14.4 Å². The second-order valence-electron chi connectivity index (χ2n) is 6.01. The molecule has 0 saturated carbocycles. The van der Waals surface area contributed by atoms with E-state index in [2.05, 4.69) is 11.3 Å². The molecule has 0 atom stereocenters. The van der Waals surface area contributed by atoms with Crippen molar-refractivity contribution in [3.8, 4) is 11.5 Å². The topological polar surface area (TPSA) is 38.8 Å². The Morgan fingerprint density at radius 3 is 2.48 bits per heavy atom. The molecule has 0 unspecified atom stereocenters. The number of carbonyl (C=O) groups excluding carboxylic acids is 1. The zero-order valence-electron chi connectivity index (χ0n) is 14.3. The summed E-state index contributed by atoms with van der Waals surface area (Å²) in [4.78, 5) is 14.8. The summed E-state index contributed by atoms with van der Waals surface area (Å²) < 4.78 is 10.5. The Balaban J connectivity index is 1.70. The van der Waals surface area contributed by atoms with E-state index in [0.717, 1.165) is 12.8 Å². The zero-order valence-corrected chi connectivity index (χ0v) is 14.3. The molecule has 0 bridgehead atoms. The van der Waals surface area contributed by atoms with Gasteiger partial charge in [-0.3, -0.25) is 4.79 Å². The number of rotatable bonds is 9. The molecule has 23 heavy (non-hydrogen) atoms. The molecule has 1 aliphatic rings. The smallest absolute Gasteiger partial charge is 0.163 e. The number of ether oxygens (including phenoxy) is 2. The highest BCUT2D eigenvalue weighted by atomic mass is 16.5. The monoisotopic (exact) mass is 318 g/mol. The lowest BCUT2D eigenvalue weighted by Crippen LogP contribution is -2.30. The van der Waals surface area contributed by atoms with E-state index in [1.165, 1.54) is 38.9 Å². The lowest BCUT2D eigenvalue weighted by molar-refractivity contribution is 0.0978. The zero-order chi connectivity index (χ0) is 16.5. The van der Waals surface area contributed by atoms with Gasteiger partial charge >= 0.3 is 0 Å². The number of hydrogen-bond acceptors (Lipinski definition) is 4. The number of unbranched alkanes of at least 4 members (excludes halogenated alkanes) is 2. The lowest BCUT2D eigenvalue weighted by Gasteiger charge is -2.26. The maximum Gasteiger partial charge on any atom is 0.163 e. The Kier molecular flexibility index (Phi) is 7.40. The van der Waals surface area contributed by atoms with Crippen LogP contribution < -0.4 is 9.47 Å². The minimum atomic E-state index is 0.179. The molecule has 4 nitrogen and oxygen atoms in total. The van der Waals surface area contributed by atoms with Crippen molar-refractivity contribution in [3.63, 3.8) is 0 Å². The minimum Gasteiger partial charge on any atom is -0.493 e. The van der Waals surface area contributed by atoms with Crippen LogP contribution in [0.15, 0.2) is 18.2 Å². The van der Waals surface area contributed by atoms with Crippen LogP contribution in [0.1, 0.15) is 48.9 Å². The van der Waals surface area contributed by atoms with Crippen molar-refractivity contribution in [2.45, 2.75) is 38.5 Å². The minimum absolute atomic E-state index is 0.179. The van der Waals surface area contributed by atoms with E-state index >= 15 is 0 Å². The van der Waals surface area contributed by atoms with Crippen molar-refractivity contribution < 1.29 is 14.3 Å². The molecule has 0 N–H and O–H groups in total. The Bertz CT molecular complexity index is 495. The van der Waals surface area contributed by atoms with Crippen LogP contribution in [0.5, 0.6) is 11.5 Å². The fraction of sp³-hybridized carbons (Fsp3) is 0.579. The van der Waals surface area contributed by atoms with Crippen molar-refractivity contribution in [2.24, 2.45) is 0 Å². The number of hydrogen-bond donors (Lipinski definition) is 0. The molecule has 127 valence electrons. The van der Waals surface area contributed by atoms with Crippen LogP contribution in [0.4, 0.5) is 0 Å². The van der Waals surface area contributed by atoms with E-state index in [1.807, 2.05) is 6.07 Å². The summed E-state index contributed by atoms with van der Waals surface area (Å²) in [7, 11) is 3.18. The Morgan fingerprint density at radius 1 is 1.04 bits per heavy atom. The number of methoxy groups -OCH3 is 2. The van der Waals surface area contributed by atoms with Gasteiger partial charge in [-0.2, -0.15) is 0 Å². The second kappa shape index (κ2) is 9.56. The molecule has 0 aliphatic carbocycles. The fourth-order valence-corrected chi connectivity index (χ4v) is 2.98. The van der Waals surface area contributed by atoms with Gasteiger partial charge in [-0.05, 0) is 69.9 Å². The second-order valence-corrected chi connectivity index (χ2v) is 6.01. The molecule has 0 aromatic heterocycles. The molecule has 1 fully saturated rings. The van der Waals surface area contributed by atoms with Gasteiger partial charge in [0.1, 0.15) is 0 Å². The predicted octanol–water partition coefficient (Wildman–Crippen LogP) is 3.75. The third kappa shape index (κ3) is 5.54. The lowest BCUT2D eigenvalue weighted by atomic mass is 10.0.